The zero-order valence-corrected chi connectivity index (χ0v) is 12.1. The Hall–Kier alpha value is -1.81. The molecule has 0 aromatic carbocycles. The minimum absolute atomic E-state index is 0.420. The Labute approximate surface area is 126 Å². The Morgan fingerprint density at radius 1 is 1.29 bits per heavy atom. The highest BCUT2D eigenvalue weighted by atomic mass is 35.5. The van der Waals surface area contributed by atoms with Crippen LogP contribution in [0, 0.1) is 5.92 Å². The fourth-order valence-corrected chi connectivity index (χ4v) is 4.40. The number of aryl methyl sites for hydroxylation is 1. The Bertz CT molecular complexity index is 808. The van der Waals surface area contributed by atoms with Gasteiger partial charge in [-0.3, -0.25) is 0 Å². The minimum Gasteiger partial charge on any atom is -0.411 e. The van der Waals surface area contributed by atoms with Crippen molar-refractivity contribution in [3.63, 3.8) is 0 Å². The number of halogens is 1. The van der Waals surface area contributed by atoms with Gasteiger partial charge >= 0.3 is 0 Å². The zero-order valence-electron chi connectivity index (χ0n) is 11.4. The van der Waals surface area contributed by atoms with Gasteiger partial charge in [-0.1, -0.05) is 16.8 Å². The third kappa shape index (κ3) is 1.36. The topological polar surface area (TPSA) is 61.3 Å². The number of oxime groups is 1. The van der Waals surface area contributed by atoms with E-state index >= 15 is 0 Å². The lowest BCUT2D eigenvalue weighted by molar-refractivity contribution is 0.298. The largest absolute Gasteiger partial charge is 0.411 e. The molecule has 2 atom stereocenters. The van der Waals surface area contributed by atoms with E-state index in [1.54, 1.807) is 0 Å². The van der Waals surface area contributed by atoms with Crippen LogP contribution >= 0.6 is 11.6 Å². The first-order chi connectivity index (χ1) is 10.3. The van der Waals surface area contributed by atoms with Crippen molar-refractivity contribution in [3.8, 4) is 11.3 Å². The van der Waals surface area contributed by atoms with Gasteiger partial charge < -0.3 is 10.2 Å². The van der Waals surface area contributed by atoms with E-state index in [9.17, 15) is 5.21 Å². The van der Waals surface area contributed by atoms with Crippen molar-refractivity contribution < 1.29 is 5.21 Å². The number of nitrogens with zero attached hydrogens (tertiary/aromatic N) is 2. The molecular formula is C16H14ClN3O. The normalized spacial score (nSPS) is 26.8. The summed E-state index contributed by atoms with van der Waals surface area (Å²) in [4.78, 5) is 7.80. The third-order valence-electron chi connectivity index (χ3n) is 5.36. The third-order valence-corrected chi connectivity index (χ3v) is 5.57. The highest BCUT2D eigenvalue weighted by Crippen LogP contribution is 2.54. The summed E-state index contributed by atoms with van der Waals surface area (Å²) in [6.07, 6.45) is 6.12. The van der Waals surface area contributed by atoms with Gasteiger partial charge in [-0.15, -0.1) is 0 Å². The number of H-pyrrole nitrogens is 1. The molecule has 1 saturated carbocycles. The quantitative estimate of drug-likeness (QED) is 0.444. The van der Waals surface area contributed by atoms with Crippen LogP contribution in [0.3, 0.4) is 0 Å². The summed E-state index contributed by atoms with van der Waals surface area (Å²) in [5.74, 6) is 0.932. The minimum atomic E-state index is 0.420. The van der Waals surface area contributed by atoms with E-state index in [1.807, 2.05) is 12.3 Å². The standard InChI is InChI=1S/C16H14ClN3O/c17-12-5-11-7(6-18-12)1-2-10-13-15(19-14(10)11)8-3-4-9(8)16(13)20-21/h5-6,8-9,19,21H,1-4H2. The van der Waals surface area contributed by atoms with Gasteiger partial charge in [0.05, 0.1) is 5.71 Å². The monoisotopic (exact) mass is 299 g/mol. The lowest BCUT2D eigenvalue weighted by Crippen LogP contribution is -2.25. The molecule has 2 unspecified atom stereocenters. The van der Waals surface area contributed by atoms with Gasteiger partial charge in [0, 0.05) is 40.5 Å². The van der Waals surface area contributed by atoms with Gasteiger partial charge in [0.15, 0.2) is 0 Å². The molecule has 4 nitrogen and oxygen atoms in total. The van der Waals surface area contributed by atoms with Crippen LogP contribution in [0.2, 0.25) is 5.15 Å². The number of aromatic amines is 1. The fraction of sp³-hybridized carbons (Fsp3) is 0.375. The lowest BCUT2D eigenvalue weighted by Gasteiger charge is -2.30. The van der Waals surface area contributed by atoms with Crippen molar-refractivity contribution in [3.05, 3.63) is 39.8 Å². The van der Waals surface area contributed by atoms with Gasteiger partial charge in [0.25, 0.3) is 0 Å². The van der Waals surface area contributed by atoms with Crippen LogP contribution in [0.25, 0.3) is 11.3 Å². The van der Waals surface area contributed by atoms with Gasteiger partial charge in [0.2, 0.25) is 0 Å². The Kier molecular flexibility index (Phi) is 2.19. The van der Waals surface area contributed by atoms with E-state index in [-0.39, 0.29) is 0 Å². The molecule has 3 aliphatic carbocycles. The van der Waals surface area contributed by atoms with E-state index in [1.165, 1.54) is 28.8 Å². The van der Waals surface area contributed by atoms with Crippen molar-refractivity contribution in [1.82, 2.24) is 9.97 Å². The number of hydrogen-bond donors (Lipinski definition) is 2. The summed E-state index contributed by atoms with van der Waals surface area (Å²) in [6, 6.07) is 1.94. The first-order valence-electron chi connectivity index (χ1n) is 7.39. The molecule has 0 amide bonds. The molecule has 21 heavy (non-hydrogen) atoms. The van der Waals surface area contributed by atoms with Crippen molar-refractivity contribution in [2.24, 2.45) is 11.1 Å². The molecule has 5 rings (SSSR count). The number of aromatic nitrogens is 2. The molecule has 0 spiro atoms. The predicted octanol–water partition coefficient (Wildman–Crippen LogP) is 3.51. The van der Waals surface area contributed by atoms with Crippen LogP contribution in [0.15, 0.2) is 17.4 Å². The molecule has 2 heterocycles. The average Bonchev–Trinajstić information content (AvgIpc) is 2.90. The number of nitrogens with one attached hydrogen (secondary N) is 1. The van der Waals surface area contributed by atoms with E-state index in [4.69, 9.17) is 11.6 Å². The molecular weight excluding hydrogens is 286 g/mol. The fourth-order valence-electron chi connectivity index (χ4n) is 4.24. The Morgan fingerprint density at radius 2 is 2.14 bits per heavy atom. The molecule has 0 bridgehead atoms. The summed E-state index contributed by atoms with van der Waals surface area (Å²) < 4.78 is 0. The summed E-state index contributed by atoms with van der Waals surface area (Å²) >= 11 is 6.07. The van der Waals surface area contributed by atoms with Crippen LogP contribution in [0.1, 0.15) is 41.1 Å². The van der Waals surface area contributed by atoms with Gasteiger partial charge in [-0.05, 0) is 42.9 Å². The molecule has 2 aromatic rings. The van der Waals surface area contributed by atoms with Crippen molar-refractivity contribution in [2.45, 2.75) is 31.6 Å². The second-order valence-electron chi connectivity index (χ2n) is 6.21. The van der Waals surface area contributed by atoms with Crippen LogP contribution < -0.4 is 0 Å². The number of hydrogen-bond acceptors (Lipinski definition) is 3. The molecule has 0 aliphatic heterocycles. The summed E-state index contributed by atoms with van der Waals surface area (Å²) in [5, 5.41) is 13.6. The number of pyridine rings is 1. The maximum atomic E-state index is 9.44. The van der Waals surface area contributed by atoms with E-state index in [0.29, 0.717) is 17.0 Å². The van der Waals surface area contributed by atoms with E-state index < -0.39 is 0 Å². The van der Waals surface area contributed by atoms with Crippen LogP contribution in [-0.4, -0.2) is 20.9 Å². The van der Waals surface area contributed by atoms with E-state index in [2.05, 4.69) is 15.1 Å². The molecule has 1 fully saturated rings. The van der Waals surface area contributed by atoms with Crippen molar-refractivity contribution in [2.75, 3.05) is 0 Å². The summed E-state index contributed by atoms with van der Waals surface area (Å²) in [7, 11) is 0. The SMILES string of the molecule is ON=C1c2c([nH]c3c2CCc2cnc(Cl)cc2-3)C2CCC12. The molecule has 0 radical (unpaired) electrons. The van der Waals surface area contributed by atoms with Crippen LogP contribution in [0.4, 0.5) is 0 Å². The predicted molar refractivity (Wildman–Crippen MR) is 80.2 cm³/mol. The van der Waals surface area contributed by atoms with Crippen molar-refractivity contribution >= 4 is 17.3 Å². The summed E-state index contributed by atoms with van der Waals surface area (Å²) in [6.45, 7) is 0. The maximum Gasteiger partial charge on any atom is 0.129 e. The zero-order chi connectivity index (χ0) is 14.1. The second-order valence-corrected chi connectivity index (χ2v) is 6.59. The van der Waals surface area contributed by atoms with Gasteiger partial charge in [-0.25, -0.2) is 4.98 Å². The second kappa shape index (κ2) is 3.89. The molecule has 2 N–H and O–H groups in total. The lowest BCUT2D eigenvalue weighted by atomic mass is 9.74. The maximum absolute atomic E-state index is 9.44. The van der Waals surface area contributed by atoms with Crippen molar-refractivity contribution in [1.29, 1.82) is 0 Å². The Morgan fingerprint density at radius 3 is 2.90 bits per heavy atom. The molecule has 106 valence electrons. The first-order valence-corrected chi connectivity index (χ1v) is 7.77. The van der Waals surface area contributed by atoms with Crippen LogP contribution in [0.5, 0.6) is 0 Å². The highest BCUT2D eigenvalue weighted by Gasteiger charge is 2.48. The molecule has 5 heteroatoms. The molecule has 0 saturated heterocycles. The number of fused-ring (bicyclic) bond motifs is 7. The van der Waals surface area contributed by atoms with E-state index in [0.717, 1.165) is 36.2 Å². The summed E-state index contributed by atoms with van der Waals surface area (Å²) in [5.41, 5.74) is 8.17. The van der Waals surface area contributed by atoms with Crippen LogP contribution in [-0.2, 0) is 12.8 Å². The smallest absolute Gasteiger partial charge is 0.129 e. The van der Waals surface area contributed by atoms with Gasteiger partial charge in [0.1, 0.15) is 5.15 Å². The number of rotatable bonds is 0. The van der Waals surface area contributed by atoms with Gasteiger partial charge in [-0.2, -0.15) is 0 Å². The molecule has 3 aliphatic rings. The average molecular weight is 300 g/mol. The first kappa shape index (κ1) is 11.8. The highest BCUT2D eigenvalue weighted by molar-refractivity contribution is 6.29. The molecule has 2 aromatic heterocycles. The Balaban J connectivity index is 1.77.